The number of rotatable bonds is 16. The van der Waals surface area contributed by atoms with E-state index in [4.69, 9.17) is 22.1 Å². The molecule has 0 saturated carbocycles. The maximum absolute atomic E-state index is 13.5. The Labute approximate surface area is 355 Å². The zero-order chi connectivity index (χ0) is 41.2. The van der Waals surface area contributed by atoms with Gasteiger partial charge in [-0.2, -0.15) is 8.42 Å². The standard InChI is InChI=1S/C44H48ClN7O5S2/c45-36-14-10-33(11-15-36)41-9-5-4-6-35(41)31-50-22-24-51(25-23-50)38-16-12-34(13-17-38)44(46)48-59(55,56)40-18-19-42(43(30-40)52(53)54)47-37(20-21-49-26-28-57-29-27-49)32-58-39-7-2-1-3-8-39/h1-19,30,37,47H,20-29,31-32H2,(H2,46,48)/t37-/m1/s1. The van der Waals surface area contributed by atoms with Gasteiger partial charge in [0.2, 0.25) is 0 Å². The molecule has 15 heteroatoms. The molecule has 2 saturated heterocycles. The van der Waals surface area contributed by atoms with Gasteiger partial charge < -0.3 is 20.7 Å². The molecule has 0 radical (unpaired) electrons. The van der Waals surface area contributed by atoms with Gasteiger partial charge in [-0.25, -0.2) is 0 Å². The van der Waals surface area contributed by atoms with Gasteiger partial charge >= 0.3 is 0 Å². The van der Waals surface area contributed by atoms with Gasteiger partial charge in [0, 0.05) is 91.4 Å². The minimum Gasteiger partial charge on any atom is -0.383 e. The van der Waals surface area contributed by atoms with Crippen molar-refractivity contribution < 1.29 is 18.1 Å². The second-order valence-corrected chi connectivity index (χ2v) is 17.7. The maximum Gasteiger partial charge on any atom is 0.293 e. The Morgan fingerprint density at radius 2 is 1.56 bits per heavy atom. The van der Waals surface area contributed by atoms with E-state index in [9.17, 15) is 18.5 Å². The van der Waals surface area contributed by atoms with Crippen molar-refractivity contribution in [1.82, 2.24) is 9.80 Å². The summed E-state index contributed by atoms with van der Waals surface area (Å²) < 4.78 is 36.4. The third-order valence-corrected chi connectivity index (χ3v) is 13.3. The average Bonchev–Trinajstić information content (AvgIpc) is 3.26. The van der Waals surface area contributed by atoms with E-state index in [0.29, 0.717) is 29.6 Å². The molecule has 1 atom stereocenters. The van der Waals surface area contributed by atoms with E-state index in [-0.39, 0.29) is 28.1 Å². The number of nitrogens with zero attached hydrogens (tertiary/aromatic N) is 5. The van der Waals surface area contributed by atoms with Gasteiger partial charge in [0.25, 0.3) is 15.7 Å². The van der Waals surface area contributed by atoms with Crippen LogP contribution in [0.25, 0.3) is 11.1 Å². The van der Waals surface area contributed by atoms with Gasteiger partial charge in [0.1, 0.15) is 11.5 Å². The van der Waals surface area contributed by atoms with Crippen molar-refractivity contribution in [3.63, 3.8) is 0 Å². The van der Waals surface area contributed by atoms with Crippen LogP contribution in [0, 0.1) is 10.1 Å². The SMILES string of the molecule is N/C(=N/S(=O)(=O)c1ccc(N[C@H](CCN2CCOCC2)CSc2ccccc2)c([N+](=O)[O-])c1)c1ccc(N2CCN(Cc3ccccc3-c3ccc(Cl)cc3)CC2)cc1. The number of nitro groups is 1. The van der Waals surface area contributed by atoms with Crippen molar-refractivity contribution in [3.8, 4) is 11.1 Å². The zero-order valence-corrected chi connectivity index (χ0v) is 35.0. The Bertz CT molecular complexity index is 2320. The van der Waals surface area contributed by atoms with Crippen LogP contribution in [0.3, 0.4) is 0 Å². The molecule has 5 aromatic carbocycles. The molecule has 0 unspecified atom stereocenters. The zero-order valence-electron chi connectivity index (χ0n) is 32.7. The molecule has 5 aromatic rings. The third kappa shape index (κ3) is 11.4. The van der Waals surface area contributed by atoms with Crippen LogP contribution >= 0.6 is 23.4 Å². The van der Waals surface area contributed by atoms with E-state index in [0.717, 1.165) is 81.0 Å². The van der Waals surface area contributed by atoms with E-state index in [1.807, 2.05) is 54.6 Å². The first-order valence-electron chi connectivity index (χ1n) is 19.7. The van der Waals surface area contributed by atoms with Gasteiger partial charge in [0.15, 0.2) is 0 Å². The smallest absolute Gasteiger partial charge is 0.293 e. The number of anilines is 2. The number of morpholine rings is 1. The Morgan fingerprint density at radius 3 is 2.27 bits per heavy atom. The lowest BCUT2D eigenvalue weighted by Gasteiger charge is -2.36. The molecule has 0 spiro atoms. The van der Waals surface area contributed by atoms with Gasteiger partial charge in [-0.1, -0.05) is 66.2 Å². The number of ether oxygens (including phenoxy) is 1. The molecule has 12 nitrogen and oxygen atoms in total. The summed E-state index contributed by atoms with van der Waals surface area (Å²) in [6.07, 6.45) is 0.730. The Morgan fingerprint density at radius 1 is 0.864 bits per heavy atom. The van der Waals surface area contributed by atoms with Gasteiger partial charge in [-0.3, -0.25) is 19.9 Å². The average molecular weight is 854 g/mol. The fraction of sp³-hybridized carbons (Fsp3) is 0.295. The van der Waals surface area contributed by atoms with E-state index >= 15 is 0 Å². The monoisotopic (exact) mass is 853 g/mol. The summed E-state index contributed by atoms with van der Waals surface area (Å²) in [6, 6.07) is 37.4. The number of piperazine rings is 1. The molecule has 2 aliphatic heterocycles. The predicted octanol–water partition coefficient (Wildman–Crippen LogP) is 7.63. The molecular weight excluding hydrogens is 806 g/mol. The lowest BCUT2D eigenvalue weighted by atomic mass is 9.99. The van der Waals surface area contributed by atoms with Crippen molar-refractivity contribution in [1.29, 1.82) is 0 Å². The highest BCUT2D eigenvalue weighted by Gasteiger charge is 2.25. The molecule has 59 heavy (non-hydrogen) atoms. The first-order chi connectivity index (χ1) is 28.6. The fourth-order valence-corrected chi connectivity index (χ4v) is 9.38. The highest BCUT2D eigenvalue weighted by Crippen LogP contribution is 2.31. The van der Waals surface area contributed by atoms with Gasteiger partial charge in [0.05, 0.1) is 23.0 Å². The number of hydrogen-bond acceptors (Lipinski definition) is 10. The lowest BCUT2D eigenvalue weighted by molar-refractivity contribution is -0.384. The topological polar surface area (TPSA) is 147 Å². The van der Waals surface area contributed by atoms with E-state index < -0.39 is 14.9 Å². The normalized spacial score (nSPS) is 16.2. The third-order valence-electron chi connectivity index (χ3n) is 10.6. The van der Waals surface area contributed by atoms with Crippen LogP contribution in [0.1, 0.15) is 17.5 Å². The number of hydrogen-bond donors (Lipinski definition) is 2. The Balaban J connectivity index is 0.984. The molecule has 0 bridgehead atoms. The van der Waals surface area contributed by atoms with Crippen molar-refractivity contribution in [2.24, 2.45) is 10.1 Å². The van der Waals surface area contributed by atoms with E-state index in [1.54, 1.807) is 23.9 Å². The maximum atomic E-state index is 13.5. The lowest BCUT2D eigenvalue weighted by Crippen LogP contribution is -2.46. The molecule has 7 rings (SSSR count). The summed E-state index contributed by atoms with van der Waals surface area (Å²) in [5.74, 6) is 0.453. The van der Waals surface area contributed by atoms with Crippen LogP contribution < -0.4 is 16.0 Å². The largest absolute Gasteiger partial charge is 0.383 e. The van der Waals surface area contributed by atoms with Crippen molar-refractivity contribution in [2.75, 3.05) is 75.0 Å². The summed E-state index contributed by atoms with van der Waals surface area (Å²) in [5, 5.41) is 16.4. The van der Waals surface area contributed by atoms with Crippen LogP contribution in [-0.2, 0) is 21.3 Å². The summed E-state index contributed by atoms with van der Waals surface area (Å²) in [4.78, 5) is 19.6. The second kappa shape index (κ2) is 19.9. The van der Waals surface area contributed by atoms with Crippen molar-refractivity contribution in [3.05, 3.63) is 148 Å². The molecule has 2 aliphatic rings. The van der Waals surface area contributed by atoms with Crippen LogP contribution in [0.15, 0.2) is 136 Å². The number of benzene rings is 5. The van der Waals surface area contributed by atoms with Crippen LogP contribution in [0.4, 0.5) is 17.1 Å². The first kappa shape index (κ1) is 42.2. The number of thioether (sulfide) groups is 1. The summed E-state index contributed by atoms with van der Waals surface area (Å²) in [7, 11) is -4.38. The number of halogens is 1. The van der Waals surface area contributed by atoms with Gasteiger partial charge in [-0.15, -0.1) is 16.2 Å². The number of nitrogens with one attached hydrogen (secondary N) is 1. The number of sulfonamides is 1. The van der Waals surface area contributed by atoms with Crippen molar-refractivity contribution >= 4 is 56.3 Å². The summed E-state index contributed by atoms with van der Waals surface area (Å²) >= 11 is 7.79. The molecule has 308 valence electrons. The minimum absolute atomic E-state index is 0.132. The van der Waals surface area contributed by atoms with Crippen LogP contribution in [0.5, 0.6) is 0 Å². The van der Waals surface area contributed by atoms with Gasteiger partial charge in [-0.05, 0) is 83.8 Å². The highest BCUT2D eigenvalue weighted by atomic mass is 35.5. The molecule has 3 N–H and O–H groups in total. The molecule has 0 aromatic heterocycles. The fourth-order valence-electron chi connectivity index (χ4n) is 7.29. The molecule has 0 amide bonds. The predicted molar refractivity (Wildman–Crippen MR) is 238 cm³/mol. The molecule has 0 aliphatic carbocycles. The second-order valence-electron chi connectivity index (χ2n) is 14.6. The van der Waals surface area contributed by atoms with E-state index in [2.05, 4.69) is 60.8 Å². The molecule has 2 heterocycles. The molecule has 2 fully saturated rings. The number of nitro benzene ring substituents is 1. The number of amidine groups is 1. The Hall–Kier alpha value is -4.96. The van der Waals surface area contributed by atoms with Crippen molar-refractivity contribution in [2.45, 2.75) is 28.8 Å². The minimum atomic E-state index is -4.38. The summed E-state index contributed by atoms with van der Waals surface area (Å²) in [5.41, 5.74) is 11.2. The first-order valence-corrected chi connectivity index (χ1v) is 22.5. The molecular formula is C44H48ClN7O5S2. The number of nitrogens with two attached hydrogens (primary N) is 1. The summed E-state index contributed by atoms with van der Waals surface area (Å²) in [6.45, 7) is 8.05. The quantitative estimate of drug-likeness (QED) is 0.0332. The van der Waals surface area contributed by atoms with Crippen LogP contribution in [0.2, 0.25) is 5.02 Å². The van der Waals surface area contributed by atoms with E-state index in [1.165, 1.54) is 23.3 Å². The highest BCUT2D eigenvalue weighted by molar-refractivity contribution is 7.99. The Kier molecular flexibility index (Phi) is 14.2. The van der Waals surface area contributed by atoms with Crippen LogP contribution in [-0.4, -0.2) is 99.8 Å².